The van der Waals surface area contributed by atoms with Gasteiger partial charge in [-0.05, 0) is 42.7 Å². The summed E-state index contributed by atoms with van der Waals surface area (Å²) in [4.78, 5) is 23.4. The monoisotopic (exact) mass is 497 g/mol. The van der Waals surface area contributed by atoms with Crippen molar-refractivity contribution in [2.24, 2.45) is 5.92 Å². The number of hydrogen-bond acceptors (Lipinski definition) is 7. The van der Waals surface area contributed by atoms with Crippen LogP contribution in [0.3, 0.4) is 0 Å². The second kappa shape index (κ2) is 12.9. The molecule has 186 valence electrons. The Kier molecular flexibility index (Phi) is 9.66. The van der Waals surface area contributed by atoms with Crippen molar-refractivity contribution in [2.45, 2.75) is 57.0 Å². The van der Waals surface area contributed by atoms with Crippen LogP contribution in [0.25, 0.3) is 5.69 Å². The Balaban J connectivity index is 1.83. The number of carbonyl (C=O) groups is 1. The molecule has 9 nitrogen and oxygen atoms in total. The van der Waals surface area contributed by atoms with Gasteiger partial charge in [-0.1, -0.05) is 50.6 Å². The number of unbranched alkanes of at least 4 members (excludes halogenated alkanes) is 1. The van der Waals surface area contributed by atoms with Crippen LogP contribution >= 0.6 is 11.8 Å². The van der Waals surface area contributed by atoms with E-state index in [1.807, 2.05) is 35.8 Å². The Morgan fingerprint density at radius 1 is 1.20 bits per heavy atom. The zero-order chi connectivity index (χ0) is 25.2. The van der Waals surface area contributed by atoms with Crippen LogP contribution in [0.5, 0.6) is 5.75 Å². The molecule has 1 aromatic heterocycles. The fourth-order valence-corrected chi connectivity index (χ4v) is 4.60. The van der Waals surface area contributed by atoms with Crippen LogP contribution < -0.4 is 10.1 Å². The molecule has 35 heavy (non-hydrogen) atoms. The third kappa shape index (κ3) is 7.05. The molecule has 0 aliphatic carbocycles. The number of nitrogens with one attached hydrogen (secondary N) is 1. The molecule has 10 heteroatoms. The Morgan fingerprint density at radius 3 is 2.63 bits per heavy atom. The largest absolute Gasteiger partial charge is 0.497 e. The highest BCUT2D eigenvalue weighted by atomic mass is 32.2. The third-order valence-corrected chi connectivity index (χ3v) is 6.71. The zero-order valence-corrected chi connectivity index (χ0v) is 21.1. The second-order valence-corrected chi connectivity index (χ2v) is 9.06. The highest BCUT2D eigenvalue weighted by Gasteiger charge is 2.19. The molecule has 3 aromatic rings. The Hall–Kier alpha value is -3.40. The fraction of sp³-hybridized carbons (Fsp3) is 0.400. The number of nitro benzene ring substituents is 1. The quantitative estimate of drug-likeness (QED) is 0.193. The number of thioether (sulfide) groups is 1. The summed E-state index contributed by atoms with van der Waals surface area (Å²) in [5, 5.41) is 23.4. The van der Waals surface area contributed by atoms with Crippen molar-refractivity contribution in [3.63, 3.8) is 0 Å². The van der Waals surface area contributed by atoms with Crippen molar-refractivity contribution in [2.75, 3.05) is 7.11 Å². The van der Waals surface area contributed by atoms with Crippen molar-refractivity contribution in [1.82, 2.24) is 20.1 Å². The average molecular weight is 498 g/mol. The summed E-state index contributed by atoms with van der Waals surface area (Å²) in [6.45, 7) is 4.35. The van der Waals surface area contributed by atoms with Gasteiger partial charge < -0.3 is 10.1 Å². The number of non-ortho nitro benzene ring substituents is 1. The van der Waals surface area contributed by atoms with Gasteiger partial charge in [0.15, 0.2) is 11.0 Å². The van der Waals surface area contributed by atoms with E-state index in [1.54, 1.807) is 19.2 Å². The number of hydrogen-bond donors (Lipinski definition) is 1. The van der Waals surface area contributed by atoms with E-state index >= 15 is 0 Å². The number of nitrogens with zero attached hydrogens (tertiary/aromatic N) is 4. The van der Waals surface area contributed by atoms with Crippen molar-refractivity contribution < 1.29 is 14.5 Å². The van der Waals surface area contributed by atoms with Gasteiger partial charge in [-0.25, -0.2) is 0 Å². The van der Waals surface area contributed by atoms with Gasteiger partial charge in [-0.2, -0.15) is 0 Å². The van der Waals surface area contributed by atoms with Crippen LogP contribution in [-0.2, 0) is 17.1 Å². The number of aromatic nitrogens is 3. The zero-order valence-electron chi connectivity index (χ0n) is 20.3. The minimum absolute atomic E-state index is 0.00368. The van der Waals surface area contributed by atoms with E-state index in [-0.39, 0.29) is 24.1 Å². The highest BCUT2D eigenvalue weighted by molar-refractivity contribution is 7.98. The molecule has 3 rings (SSSR count). The van der Waals surface area contributed by atoms with Crippen molar-refractivity contribution in [1.29, 1.82) is 0 Å². The fourth-order valence-electron chi connectivity index (χ4n) is 3.68. The van der Waals surface area contributed by atoms with Crippen LogP contribution in [0.1, 0.15) is 50.9 Å². The molecule has 1 N–H and O–H groups in total. The first kappa shape index (κ1) is 26.2. The standard InChI is InChI=1S/C25H31N5O4S/c1-4-6-9-19(5-2)24(31)26-16-23-27-28-25(35-17-18-8-7-10-22(15-18)34-3)29(23)20-11-13-21(14-12-20)30(32)33/h7-8,10-15,19H,4-6,9,16-17H2,1-3H3,(H,26,31). The molecule has 2 aromatic carbocycles. The molecule has 0 spiro atoms. The van der Waals surface area contributed by atoms with Gasteiger partial charge in [0.2, 0.25) is 5.91 Å². The number of nitro groups is 1. The van der Waals surface area contributed by atoms with Gasteiger partial charge in [0.05, 0.1) is 18.6 Å². The number of ether oxygens (including phenoxy) is 1. The van der Waals surface area contributed by atoms with E-state index in [9.17, 15) is 14.9 Å². The predicted octanol–water partition coefficient (Wildman–Crippen LogP) is 5.31. The summed E-state index contributed by atoms with van der Waals surface area (Å²) >= 11 is 1.49. The molecular weight excluding hydrogens is 466 g/mol. The molecule has 1 amide bonds. The highest BCUT2D eigenvalue weighted by Crippen LogP contribution is 2.27. The number of rotatable bonds is 13. The molecule has 0 aliphatic heterocycles. The lowest BCUT2D eigenvalue weighted by molar-refractivity contribution is -0.384. The number of methoxy groups -OCH3 is 1. The van der Waals surface area contributed by atoms with E-state index in [4.69, 9.17) is 4.74 Å². The molecule has 0 saturated carbocycles. The molecule has 1 unspecified atom stereocenters. The summed E-state index contributed by atoms with van der Waals surface area (Å²) in [7, 11) is 1.63. The van der Waals surface area contributed by atoms with Gasteiger partial charge in [-0.3, -0.25) is 19.5 Å². The Morgan fingerprint density at radius 2 is 1.97 bits per heavy atom. The number of carbonyl (C=O) groups excluding carboxylic acids is 1. The van der Waals surface area contributed by atoms with Crippen LogP contribution in [0.4, 0.5) is 5.69 Å². The maximum absolute atomic E-state index is 12.7. The molecule has 0 radical (unpaired) electrons. The SMILES string of the molecule is CCCCC(CC)C(=O)NCc1nnc(SCc2cccc(OC)c2)n1-c1ccc([N+](=O)[O-])cc1. The predicted molar refractivity (Wildman–Crippen MR) is 136 cm³/mol. The summed E-state index contributed by atoms with van der Waals surface area (Å²) in [5.41, 5.74) is 1.75. The van der Waals surface area contributed by atoms with Gasteiger partial charge in [-0.15, -0.1) is 10.2 Å². The first-order chi connectivity index (χ1) is 17.0. The number of benzene rings is 2. The minimum atomic E-state index is -0.434. The van der Waals surface area contributed by atoms with Gasteiger partial charge in [0.25, 0.3) is 5.69 Å². The first-order valence-electron chi connectivity index (χ1n) is 11.7. The molecule has 0 bridgehead atoms. The maximum Gasteiger partial charge on any atom is 0.269 e. The normalized spacial score (nSPS) is 11.7. The van der Waals surface area contributed by atoms with E-state index in [1.165, 1.54) is 23.9 Å². The van der Waals surface area contributed by atoms with Gasteiger partial charge in [0, 0.05) is 29.5 Å². The van der Waals surface area contributed by atoms with Crippen LogP contribution in [0.2, 0.25) is 0 Å². The molecule has 0 aliphatic rings. The van der Waals surface area contributed by atoms with E-state index in [0.29, 0.717) is 22.4 Å². The molecule has 1 heterocycles. The van der Waals surface area contributed by atoms with E-state index in [0.717, 1.165) is 37.0 Å². The Labute approximate surface area is 209 Å². The van der Waals surface area contributed by atoms with Crippen LogP contribution in [0, 0.1) is 16.0 Å². The van der Waals surface area contributed by atoms with Gasteiger partial charge in [0.1, 0.15) is 5.75 Å². The van der Waals surface area contributed by atoms with Crippen molar-refractivity contribution in [3.05, 3.63) is 70.0 Å². The third-order valence-electron chi connectivity index (χ3n) is 5.71. The van der Waals surface area contributed by atoms with Crippen molar-refractivity contribution in [3.8, 4) is 11.4 Å². The maximum atomic E-state index is 12.7. The first-order valence-corrected chi connectivity index (χ1v) is 12.7. The molecule has 0 saturated heterocycles. The molecular formula is C25H31N5O4S. The summed E-state index contributed by atoms with van der Waals surface area (Å²) in [6, 6.07) is 14.0. The smallest absolute Gasteiger partial charge is 0.269 e. The van der Waals surface area contributed by atoms with Gasteiger partial charge >= 0.3 is 0 Å². The summed E-state index contributed by atoms with van der Waals surface area (Å²) in [5.74, 6) is 1.93. The minimum Gasteiger partial charge on any atom is -0.497 e. The lowest BCUT2D eigenvalue weighted by Gasteiger charge is -2.15. The topological polar surface area (TPSA) is 112 Å². The van der Waals surface area contributed by atoms with E-state index in [2.05, 4.69) is 22.4 Å². The van der Waals surface area contributed by atoms with Crippen LogP contribution in [-0.4, -0.2) is 32.7 Å². The van der Waals surface area contributed by atoms with E-state index < -0.39 is 4.92 Å². The lowest BCUT2D eigenvalue weighted by Crippen LogP contribution is -2.31. The molecule has 1 atom stereocenters. The summed E-state index contributed by atoms with van der Waals surface area (Å²) in [6.07, 6.45) is 3.69. The van der Waals surface area contributed by atoms with Crippen molar-refractivity contribution >= 4 is 23.4 Å². The average Bonchev–Trinajstić information content (AvgIpc) is 3.29. The lowest BCUT2D eigenvalue weighted by atomic mass is 9.98. The Bertz CT molecular complexity index is 1130. The summed E-state index contributed by atoms with van der Waals surface area (Å²) < 4.78 is 7.14. The molecule has 0 fully saturated rings. The second-order valence-electron chi connectivity index (χ2n) is 8.11. The number of amides is 1. The van der Waals surface area contributed by atoms with Crippen LogP contribution in [0.15, 0.2) is 53.7 Å².